The summed E-state index contributed by atoms with van der Waals surface area (Å²) in [5.74, 6) is 0.235. The van der Waals surface area contributed by atoms with Crippen molar-refractivity contribution in [3.63, 3.8) is 0 Å². The molecule has 4 N–H and O–H groups in total. The van der Waals surface area contributed by atoms with Crippen molar-refractivity contribution in [1.29, 1.82) is 0 Å². The van der Waals surface area contributed by atoms with Crippen molar-refractivity contribution in [1.82, 2.24) is 14.1 Å². The summed E-state index contributed by atoms with van der Waals surface area (Å²) in [6, 6.07) is 14.4. The molecule has 0 spiro atoms. The van der Waals surface area contributed by atoms with E-state index in [1.165, 1.54) is 0 Å². The van der Waals surface area contributed by atoms with E-state index in [9.17, 15) is 15.3 Å². The molecule has 1 atom stereocenters. The lowest BCUT2D eigenvalue weighted by Gasteiger charge is -2.15. The van der Waals surface area contributed by atoms with Crippen LogP contribution >= 0.6 is 0 Å². The van der Waals surface area contributed by atoms with Gasteiger partial charge in [-0.3, -0.25) is 0 Å². The van der Waals surface area contributed by atoms with Crippen molar-refractivity contribution in [2.75, 3.05) is 6.61 Å². The Kier molecular flexibility index (Phi) is 3.23. The number of aliphatic hydroxyl groups is 2. The van der Waals surface area contributed by atoms with Crippen LogP contribution in [0.15, 0.2) is 48.7 Å². The molecule has 6 heteroatoms. The Morgan fingerprint density at radius 3 is 2.35 bits per heavy atom. The minimum atomic E-state index is -0.0219. The van der Waals surface area contributed by atoms with E-state index in [2.05, 4.69) is 32.3 Å². The molecule has 1 unspecified atom stereocenters. The van der Waals surface area contributed by atoms with Crippen LogP contribution in [0.25, 0.3) is 54.4 Å². The standard InChI is InChI=1S/C25H21N3O3/c29-11-13-5-6-19-16(7-13)20-17-8-26-25(31)22(17)21-15-3-1-2-4-18(15)27-9-14(12-30)10-28(19)23(20)24(21)27/h1-8,14,26,29-31H,9-12H2. The SMILES string of the molecule is OCc1ccc2c(c1)c1c3c[nH]c(O)c3c3c4ccccc4n4c3c1n2CC(CO)C4. The van der Waals surface area contributed by atoms with Crippen LogP contribution in [0.4, 0.5) is 0 Å². The fourth-order valence-electron chi connectivity index (χ4n) is 5.75. The lowest BCUT2D eigenvalue weighted by Crippen LogP contribution is -2.18. The van der Waals surface area contributed by atoms with Gasteiger partial charge in [-0.15, -0.1) is 0 Å². The molecule has 6 nitrogen and oxygen atoms in total. The smallest absolute Gasteiger partial charge is 0.197 e. The van der Waals surface area contributed by atoms with E-state index in [1.807, 2.05) is 30.5 Å². The number of aliphatic hydroxyl groups excluding tert-OH is 2. The lowest BCUT2D eigenvalue weighted by molar-refractivity contribution is 0.201. The van der Waals surface area contributed by atoms with E-state index in [0.717, 1.165) is 59.9 Å². The lowest BCUT2D eigenvalue weighted by atomic mass is 10.0. The number of hydrogen-bond acceptors (Lipinski definition) is 3. The number of rotatable bonds is 2. The predicted molar refractivity (Wildman–Crippen MR) is 122 cm³/mol. The van der Waals surface area contributed by atoms with E-state index < -0.39 is 0 Å². The first-order chi connectivity index (χ1) is 15.2. The summed E-state index contributed by atoms with van der Waals surface area (Å²) in [6.45, 7) is 1.50. The Bertz CT molecular complexity index is 1690. The maximum Gasteiger partial charge on any atom is 0.197 e. The summed E-state index contributed by atoms with van der Waals surface area (Å²) >= 11 is 0. The summed E-state index contributed by atoms with van der Waals surface area (Å²) < 4.78 is 4.63. The zero-order chi connectivity index (χ0) is 20.9. The number of benzene rings is 3. The van der Waals surface area contributed by atoms with Crippen LogP contribution < -0.4 is 0 Å². The molecule has 0 fully saturated rings. The molecule has 6 aromatic rings. The molecule has 1 aliphatic heterocycles. The highest BCUT2D eigenvalue weighted by Crippen LogP contribution is 2.48. The maximum absolute atomic E-state index is 10.9. The molecule has 0 bridgehead atoms. The summed E-state index contributed by atoms with van der Waals surface area (Å²) in [6.07, 6.45) is 1.88. The summed E-state index contributed by atoms with van der Waals surface area (Å²) in [5, 5.41) is 36.9. The van der Waals surface area contributed by atoms with Crippen LogP contribution in [0.1, 0.15) is 5.56 Å². The van der Waals surface area contributed by atoms with Crippen molar-refractivity contribution >= 4 is 54.4 Å². The third-order valence-electron chi connectivity index (χ3n) is 7.02. The highest BCUT2D eigenvalue weighted by Gasteiger charge is 2.29. The predicted octanol–water partition coefficient (Wildman–Crippen LogP) is 4.20. The van der Waals surface area contributed by atoms with Gasteiger partial charge >= 0.3 is 0 Å². The Hall–Kier alpha value is -3.48. The number of aromatic hydroxyl groups is 1. The molecule has 0 radical (unpaired) electrons. The third-order valence-corrected chi connectivity index (χ3v) is 7.02. The van der Waals surface area contributed by atoms with Crippen LogP contribution in [-0.4, -0.2) is 36.0 Å². The maximum atomic E-state index is 10.9. The number of H-pyrrole nitrogens is 1. The van der Waals surface area contributed by atoms with Crippen LogP contribution in [-0.2, 0) is 19.7 Å². The van der Waals surface area contributed by atoms with E-state index in [1.54, 1.807) is 0 Å². The molecule has 0 aliphatic carbocycles. The van der Waals surface area contributed by atoms with Gasteiger partial charge in [0.2, 0.25) is 0 Å². The van der Waals surface area contributed by atoms with Gasteiger partial charge in [-0.2, -0.15) is 0 Å². The van der Waals surface area contributed by atoms with Crippen LogP contribution in [0.3, 0.4) is 0 Å². The van der Waals surface area contributed by atoms with E-state index in [0.29, 0.717) is 13.1 Å². The second-order valence-electron chi connectivity index (χ2n) is 8.67. The van der Waals surface area contributed by atoms with Crippen LogP contribution in [0.2, 0.25) is 0 Å². The number of hydrogen-bond donors (Lipinski definition) is 4. The van der Waals surface area contributed by atoms with Crippen molar-refractivity contribution in [3.8, 4) is 5.88 Å². The normalized spacial score (nSPS) is 16.5. The minimum Gasteiger partial charge on any atom is -0.494 e. The minimum absolute atomic E-state index is 0.0219. The zero-order valence-corrected chi connectivity index (χ0v) is 16.8. The van der Waals surface area contributed by atoms with Gasteiger partial charge < -0.3 is 29.4 Å². The van der Waals surface area contributed by atoms with Gasteiger partial charge in [-0.25, -0.2) is 0 Å². The highest BCUT2D eigenvalue weighted by molar-refractivity contribution is 6.36. The molecule has 154 valence electrons. The average Bonchev–Trinajstić information content (AvgIpc) is 3.39. The Labute approximate surface area is 176 Å². The first-order valence-corrected chi connectivity index (χ1v) is 10.6. The van der Waals surface area contributed by atoms with Gasteiger partial charge in [0.15, 0.2) is 5.88 Å². The average molecular weight is 411 g/mol. The largest absolute Gasteiger partial charge is 0.494 e. The number of aromatic nitrogens is 3. The zero-order valence-electron chi connectivity index (χ0n) is 16.8. The molecule has 3 aromatic heterocycles. The highest BCUT2D eigenvalue weighted by atomic mass is 16.3. The van der Waals surface area contributed by atoms with Crippen molar-refractivity contribution in [2.45, 2.75) is 19.7 Å². The van der Waals surface area contributed by atoms with Gasteiger partial charge in [0.1, 0.15) is 0 Å². The second-order valence-corrected chi connectivity index (χ2v) is 8.67. The number of nitrogens with one attached hydrogen (secondary N) is 1. The fraction of sp³-hybridized carbons (Fsp3) is 0.200. The summed E-state index contributed by atoms with van der Waals surface area (Å²) in [5.41, 5.74) is 5.27. The topological polar surface area (TPSA) is 86.3 Å². The Morgan fingerprint density at radius 1 is 0.839 bits per heavy atom. The van der Waals surface area contributed by atoms with Gasteiger partial charge in [0.05, 0.1) is 23.0 Å². The Balaban J connectivity index is 1.88. The van der Waals surface area contributed by atoms with E-state index in [-0.39, 0.29) is 25.0 Å². The van der Waals surface area contributed by atoms with Crippen molar-refractivity contribution in [2.24, 2.45) is 5.92 Å². The number of nitrogens with zero attached hydrogens (tertiary/aromatic N) is 2. The van der Waals surface area contributed by atoms with Gasteiger partial charge in [0.25, 0.3) is 0 Å². The molecule has 0 saturated carbocycles. The molecule has 31 heavy (non-hydrogen) atoms. The summed E-state index contributed by atoms with van der Waals surface area (Å²) in [7, 11) is 0. The van der Waals surface area contributed by atoms with Crippen molar-refractivity contribution in [3.05, 3.63) is 54.2 Å². The Morgan fingerprint density at radius 2 is 1.58 bits per heavy atom. The molecule has 3 aromatic carbocycles. The monoisotopic (exact) mass is 411 g/mol. The molecule has 7 rings (SSSR count). The number of para-hydroxylation sites is 1. The van der Waals surface area contributed by atoms with E-state index in [4.69, 9.17) is 0 Å². The summed E-state index contributed by atoms with van der Waals surface area (Å²) in [4.78, 5) is 3.04. The molecule has 1 aliphatic rings. The third kappa shape index (κ3) is 1.99. The van der Waals surface area contributed by atoms with E-state index >= 15 is 0 Å². The number of aromatic amines is 1. The van der Waals surface area contributed by atoms with Crippen LogP contribution in [0, 0.1) is 5.92 Å². The number of fused-ring (bicyclic) bond motifs is 9. The first-order valence-electron chi connectivity index (χ1n) is 10.6. The first kappa shape index (κ1) is 17.2. The molecular formula is C25H21N3O3. The molecular weight excluding hydrogens is 390 g/mol. The van der Waals surface area contributed by atoms with Crippen LogP contribution in [0.5, 0.6) is 5.88 Å². The van der Waals surface area contributed by atoms with Gasteiger partial charge in [-0.05, 0) is 23.8 Å². The second kappa shape index (κ2) is 5.81. The van der Waals surface area contributed by atoms with Gasteiger partial charge in [-0.1, -0.05) is 24.3 Å². The van der Waals surface area contributed by atoms with Gasteiger partial charge in [0, 0.05) is 69.8 Å². The molecule has 4 heterocycles. The molecule has 0 saturated heterocycles. The fourth-order valence-corrected chi connectivity index (χ4v) is 5.75. The van der Waals surface area contributed by atoms with Crippen molar-refractivity contribution < 1.29 is 15.3 Å². The molecule has 0 amide bonds. The quantitative estimate of drug-likeness (QED) is 0.344.